The fraction of sp³-hybridized carbons (Fsp3) is 0.600. The van der Waals surface area contributed by atoms with Gasteiger partial charge >= 0.3 is 0 Å². The Hall–Kier alpha value is -0.430. The standard InChI is InChI=1S/C10H14S.C3H8.C2H6/c1-2-5-9-6-3-4-7-10(9)8-11;1-3-2;1-2/h3-4,6-7,11H,2,5,8H2,1H3;3H2,1-2H3;1-2H3. The zero-order chi connectivity index (χ0) is 12.8. The van der Waals surface area contributed by atoms with Gasteiger partial charge in [-0.25, -0.2) is 0 Å². The maximum atomic E-state index is 4.27. The van der Waals surface area contributed by atoms with Gasteiger partial charge < -0.3 is 0 Å². The maximum Gasteiger partial charge on any atom is 0.0157 e. The van der Waals surface area contributed by atoms with Gasteiger partial charge in [-0.2, -0.15) is 12.6 Å². The second-order valence-electron chi connectivity index (χ2n) is 3.38. The molecule has 0 radical (unpaired) electrons. The minimum absolute atomic E-state index is 0.857. The van der Waals surface area contributed by atoms with E-state index in [0.717, 1.165) is 5.75 Å². The fourth-order valence-corrected chi connectivity index (χ4v) is 1.53. The molecule has 1 heteroatoms. The molecule has 1 aromatic rings. The number of benzene rings is 1. The van der Waals surface area contributed by atoms with E-state index in [1.807, 2.05) is 13.8 Å². The zero-order valence-electron chi connectivity index (χ0n) is 11.6. The lowest BCUT2D eigenvalue weighted by atomic mass is 10.0. The summed E-state index contributed by atoms with van der Waals surface area (Å²) in [4.78, 5) is 0. The molecule has 0 nitrogen and oxygen atoms in total. The highest BCUT2D eigenvalue weighted by molar-refractivity contribution is 7.79. The summed E-state index contributed by atoms with van der Waals surface area (Å²) in [6.07, 6.45) is 3.64. The van der Waals surface area contributed by atoms with Gasteiger partial charge in [-0.3, -0.25) is 0 Å². The van der Waals surface area contributed by atoms with Gasteiger partial charge in [0.15, 0.2) is 0 Å². The van der Waals surface area contributed by atoms with Crippen LogP contribution in [0.3, 0.4) is 0 Å². The first-order valence-electron chi connectivity index (χ1n) is 6.47. The van der Waals surface area contributed by atoms with Crippen LogP contribution in [-0.4, -0.2) is 0 Å². The number of hydrogen-bond donors (Lipinski definition) is 1. The summed E-state index contributed by atoms with van der Waals surface area (Å²) < 4.78 is 0. The number of hydrogen-bond acceptors (Lipinski definition) is 1. The van der Waals surface area contributed by atoms with Gasteiger partial charge in [0.1, 0.15) is 0 Å². The Morgan fingerprint density at radius 2 is 1.38 bits per heavy atom. The van der Waals surface area contributed by atoms with Crippen LogP contribution in [0.25, 0.3) is 0 Å². The average molecular weight is 240 g/mol. The fourth-order valence-electron chi connectivity index (χ4n) is 1.22. The van der Waals surface area contributed by atoms with Crippen LogP contribution in [0, 0.1) is 0 Å². The average Bonchev–Trinajstić information content (AvgIpc) is 2.34. The monoisotopic (exact) mass is 240 g/mol. The molecule has 0 bridgehead atoms. The summed E-state index contributed by atoms with van der Waals surface area (Å²) >= 11 is 4.27. The van der Waals surface area contributed by atoms with Crippen LogP contribution in [-0.2, 0) is 12.2 Å². The minimum atomic E-state index is 0.857. The SMILES string of the molecule is CC.CCC.CCCc1ccccc1CS. The van der Waals surface area contributed by atoms with E-state index in [1.165, 1.54) is 30.4 Å². The first-order chi connectivity index (χ1) is 7.79. The highest BCUT2D eigenvalue weighted by Gasteiger charge is 1.96. The van der Waals surface area contributed by atoms with Crippen LogP contribution < -0.4 is 0 Å². The molecule has 0 spiro atoms. The molecule has 94 valence electrons. The maximum absolute atomic E-state index is 4.27. The molecule has 0 amide bonds. The topological polar surface area (TPSA) is 0 Å². The van der Waals surface area contributed by atoms with E-state index in [1.54, 1.807) is 0 Å². The summed E-state index contributed by atoms with van der Waals surface area (Å²) in [6.45, 7) is 10.5. The molecule has 0 aliphatic rings. The molecular formula is C15H28S. The van der Waals surface area contributed by atoms with Crippen molar-refractivity contribution in [3.8, 4) is 0 Å². The third kappa shape index (κ3) is 8.84. The molecule has 0 heterocycles. The lowest BCUT2D eigenvalue weighted by molar-refractivity contribution is 0.911. The van der Waals surface area contributed by atoms with Gasteiger partial charge in [-0.1, -0.05) is 71.7 Å². The largest absolute Gasteiger partial charge is 0.175 e. The Morgan fingerprint density at radius 1 is 0.938 bits per heavy atom. The predicted octanol–water partition coefficient (Wildman–Crippen LogP) is 5.51. The summed E-state index contributed by atoms with van der Waals surface area (Å²) in [5, 5.41) is 0. The third-order valence-electron chi connectivity index (χ3n) is 1.81. The van der Waals surface area contributed by atoms with Gasteiger partial charge in [0.2, 0.25) is 0 Å². The summed E-state index contributed by atoms with van der Waals surface area (Å²) in [5.41, 5.74) is 2.82. The molecule has 0 fully saturated rings. The van der Waals surface area contributed by atoms with Crippen molar-refractivity contribution in [1.82, 2.24) is 0 Å². The molecule has 0 saturated carbocycles. The van der Waals surface area contributed by atoms with Gasteiger partial charge in [-0.15, -0.1) is 0 Å². The Morgan fingerprint density at radius 3 is 1.75 bits per heavy atom. The van der Waals surface area contributed by atoms with E-state index < -0.39 is 0 Å². The quantitative estimate of drug-likeness (QED) is 0.662. The Bertz CT molecular complexity index is 231. The van der Waals surface area contributed by atoms with E-state index in [0.29, 0.717) is 0 Å². The highest BCUT2D eigenvalue weighted by Crippen LogP contribution is 2.12. The second-order valence-corrected chi connectivity index (χ2v) is 3.70. The lowest BCUT2D eigenvalue weighted by Crippen LogP contribution is -1.89. The predicted molar refractivity (Wildman–Crippen MR) is 80.4 cm³/mol. The van der Waals surface area contributed by atoms with E-state index >= 15 is 0 Å². The van der Waals surface area contributed by atoms with E-state index in [-0.39, 0.29) is 0 Å². The normalized spacial score (nSPS) is 8.38. The first kappa shape index (κ1) is 17.9. The first-order valence-corrected chi connectivity index (χ1v) is 7.10. The Labute approximate surface area is 108 Å². The molecule has 1 aromatic carbocycles. The smallest absolute Gasteiger partial charge is 0.0157 e. The van der Waals surface area contributed by atoms with Crippen LogP contribution in [0.1, 0.15) is 58.6 Å². The van der Waals surface area contributed by atoms with Crippen molar-refractivity contribution in [1.29, 1.82) is 0 Å². The summed E-state index contributed by atoms with van der Waals surface area (Å²) in [5.74, 6) is 0.857. The van der Waals surface area contributed by atoms with Crippen molar-refractivity contribution < 1.29 is 0 Å². The van der Waals surface area contributed by atoms with Crippen LogP contribution in [0.4, 0.5) is 0 Å². The minimum Gasteiger partial charge on any atom is -0.175 e. The third-order valence-corrected chi connectivity index (χ3v) is 2.15. The molecule has 1 rings (SSSR count). The van der Waals surface area contributed by atoms with E-state index in [4.69, 9.17) is 0 Å². The van der Waals surface area contributed by atoms with Crippen LogP contribution in [0.5, 0.6) is 0 Å². The van der Waals surface area contributed by atoms with Crippen LogP contribution in [0.15, 0.2) is 24.3 Å². The van der Waals surface area contributed by atoms with E-state index in [9.17, 15) is 0 Å². The van der Waals surface area contributed by atoms with Gasteiger partial charge in [0, 0.05) is 5.75 Å². The van der Waals surface area contributed by atoms with E-state index in [2.05, 4.69) is 57.7 Å². The van der Waals surface area contributed by atoms with Crippen molar-refractivity contribution in [2.24, 2.45) is 0 Å². The van der Waals surface area contributed by atoms with Gasteiger partial charge in [0.05, 0.1) is 0 Å². The van der Waals surface area contributed by atoms with Gasteiger partial charge in [-0.05, 0) is 17.5 Å². The molecule has 16 heavy (non-hydrogen) atoms. The summed E-state index contributed by atoms with van der Waals surface area (Å²) in [7, 11) is 0. The molecule has 0 saturated heterocycles. The molecular weight excluding hydrogens is 212 g/mol. The Balaban J connectivity index is 0. The molecule has 0 aliphatic carbocycles. The Kier molecular flexibility index (Phi) is 16.3. The molecule has 0 aromatic heterocycles. The molecule has 0 unspecified atom stereocenters. The molecule has 0 aliphatic heterocycles. The van der Waals surface area contributed by atoms with Crippen molar-refractivity contribution in [3.63, 3.8) is 0 Å². The second kappa shape index (κ2) is 14.6. The van der Waals surface area contributed by atoms with Gasteiger partial charge in [0.25, 0.3) is 0 Å². The van der Waals surface area contributed by atoms with Crippen molar-refractivity contribution >= 4 is 12.6 Å². The lowest BCUT2D eigenvalue weighted by Gasteiger charge is -2.04. The highest BCUT2D eigenvalue weighted by atomic mass is 32.1. The van der Waals surface area contributed by atoms with Crippen LogP contribution >= 0.6 is 12.6 Å². The molecule has 0 N–H and O–H groups in total. The zero-order valence-corrected chi connectivity index (χ0v) is 12.5. The number of rotatable bonds is 3. The number of thiol groups is 1. The van der Waals surface area contributed by atoms with Crippen molar-refractivity contribution in [2.45, 2.75) is 59.6 Å². The van der Waals surface area contributed by atoms with Crippen LogP contribution in [0.2, 0.25) is 0 Å². The van der Waals surface area contributed by atoms with Crippen molar-refractivity contribution in [3.05, 3.63) is 35.4 Å². The molecule has 0 atom stereocenters. The van der Waals surface area contributed by atoms with Crippen molar-refractivity contribution in [2.75, 3.05) is 0 Å². The number of aryl methyl sites for hydroxylation is 1. The summed E-state index contributed by atoms with van der Waals surface area (Å²) in [6, 6.07) is 8.51.